The molecule has 0 aliphatic carbocycles. The number of hydrogen-bond donors (Lipinski definition) is 0. The Morgan fingerprint density at radius 1 is 1.31 bits per heavy atom. The first-order valence-corrected chi connectivity index (χ1v) is 9.36. The standard InChI is InChI=1S/C20H21NO4S/c1-4-14-10-19(22)25-18-11-15(7-8-17(14)18)24-13(2)20(23)21(3)12-16-6-5-9-26-16/h5-11,13H,4,12H2,1-3H3. The lowest BCUT2D eigenvalue weighted by atomic mass is 10.1. The molecule has 26 heavy (non-hydrogen) atoms. The van der Waals surface area contributed by atoms with Crippen molar-refractivity contribution in [1.29, 1.82) is 0 Å². The summed E-state index contributed by atoms with van der Waals surface area (Å²) >= 11 is 1.61. The van der Waals surface area contributed by atoms with Gasteiger partial charge in [-0.1, -0.05) is 13.0 Å². The molecule has 0 radical (unpaired) electrons. The van der Waals surface area contributed by atoms with Gasteiger partial charge in [0, 0.05) is 29.4 Å². The number of ether oxygens (including phenoxy) is 1. The first-order valence-electron chi connectivity index (χ1n) is 8.48. The molecular weight excluding hydrogens is 350 g/mol. The number of aryl methyl sites for hydroxylation is 1. The maximum absolute atomic E-state index is 12.5. The number of rotatable bonds is 6. The van der Waals surface area contributed by atoms with Crippen LogP contribution >= 0.6 is 11.3 Å². The van der Waals surface area contributed by atoms with Crippen LogP contribution in [0.15, 0.2) is 51.0 Å². The molecule has 1 amide bonds. The Morgan fingerprint density at radius 2 is 2.12 bits per heavy atom. The average molecular weight is 371 g/mol. The van der Waals surface area contributed by atoms with Crippen LogP contribution in [0.1, 0.15) is 24.3 Å². The van der Waals surface area contributed by atoms with Gasteiger partial charge in [-0.15, -0.1) is 11.3 Å². The van der Waals surface area contributed by atoms with E-state index in [4.69, 9.17) is 9.15 Å². The average Bonchev–Trinajstić information content (AvgIpc) is 3.12. The fourth-order valence-corrected chi connectivity index (χ4v) is 3.61. The lowest BCUT2D eigenvalue weighted by Crippen LogP contribution is -2.37. The predicted octanol–water partition coefficient (Wildman–Crippen LogP) is 3.84. The van der Waals surface area contributed by atoms with Gasteiger partial charge in [0.05, 0.1) is 6.54 Å². The van der Waals surface area contributed by atoms with Gasteiger partial charge in [-0.25, -0.2) is 4.79 Å². The van der Waals surface area contributed by atoms with Crippen LogP contribution in [0.5, 0.6) is 5.75 Å². The highest BCUT2D eigenvalue weighted by Crippen LogP contribution is 2.24. The number of carbonyl (C=O) groups is 1. The third kappa shape index (κ3) is 3.96. The van der Waals surface area contributed by atoms with Crippen LogP contribution in [-0.4, -0.2) is 24.0 Å². The van der Waals surface area contributed by atoms with E-state index in [1.165, 1.54) is 6.07 Å². The summed E-state index contributed by atoms with van der Waals surface area (Å²) in [4.78, 5) is 27.0. The molecule has 0 spiro atoms. The van der Waals surface area contributed by atoms with Crippen molar-refractivity contribution in [2.45, 2.75) is 32.9 Å². The molecule has 3 rings (SSSR count). The van der Waals surface area contributed by atoms with Crippen molar-refractivity contribution in [2.24, 2.45) is 0 Å². The van der Waals surface area contributed by atoms with Gasteiger partial charge >= 0.3 is 5.63 Å². The third-order valence-corrected chi connectivity index (χ3v) is 5.05. The van der Waals surface area contributed by atoms with Crippen molar-refractivity contribution in [3.63, 3.8) is 0 Å². The van der Waals surface area contributed by atoms with Crippen LogP contribution in [-0.2, 0) is 17.8 Å². The Hall–Kier alpha value is -2.60. The highest BCUT2D eigenvalue weighted by atomic mass is 32.1. The Morgan fingerprint density at radius 3 is 2.81 bits per heavy atom. The van der Waals surface area contributed by atoms with E-state index in [2.05, 4.69) is 0 Å². The molecule has 0 saturated carbocycles. The first-order chi connectivity index (χ1) is 12.5. The van der Waals surface area contributed by atoms with Gasteiger partial charge in [0.1, 0.15) is 11.3 Å². The van der Waals surface area contributed by atoms with Crippen LogP contribution in [0.25, 0.3) is 11.0 Å². The number of carbonyl (C=O) groups excluding carboxylic acids is 1. The first kappa shape index (κ1) is 18.2. The van der Waals surface area contributed by atoms with Crippen LogP contribution in [0.4, 0.5) is 0 Å². The van der Waals surface area contributed by atoms with Gasteiger partial charge in [-0.3, -0.25) is 4.79 Å². The number of benzene rings is 1. The molecule has 2 heterocycles. The number of likely N-dealkylation sites (N-methyl/N-ethyl adjacent to an activating group) is 1. The van der Waals surface area contributed by atoms with E-state index in [1.807, 2.05) is 30.5 Å². The normalized spacial score (nSPS) is 12.1. The second-order valence-electron chi connectivity index (χ2n) is 6.14. The molecule has 5 nitrogen and oxygen atoms in total. The molecule has 0 saturated heterocycles. The summed E-state index contributed by atoms with van der Waals surface area (Å²) in [5, 5.41) is 2.87. The van der Waals surface area contributed by atoms with E-state index in [1.54, 1.807) is 42.3 Å². The van der Waals surface area contributed by atoms with E-state index in [0.717, 1.165) is 22.2 Å². The Kier molecular flexibility index (Phi) is 5.42. The predicted molar refractivity (Wildman–Crippen MR) is 103 cm³/mol. The van der Waals surface area contributed by atoms with Gasteiger partial charge in [-0.05, 0) is 42.5 Å². The summed E-state index contributed by atoms with van der Waals surface area (Å²) in [5.74, 6) is 0.390. The highest BCUT2D eigenvalue weighted by molar-refractivity contribution is 7.09. The van der Waals surface area contributed by atoms with Crippen molar-refractivity contribution >= 4 is 28.2 Å². The quantitative estimate of drug-likeness (QED) is 0.618. The molecule has 1 aromatic carbocycles. The zero-order chi connectivity index (χ0) is 18.7. The second-order valence-corrected chi connectivity index (χ2v) is 7.17. The minimum absolute atomic E-state index is 0.109. The Labute approximate surface area is 155 Å². The smallest absolute Gasteiger partial charge is 0.336 e. The number of amides is 1. The van der Waals surface area contributed by atoms with Gasteiger partial charge in [0.15, 0.2) is 6.10 Å². The zero-order valence-electron chi connectivity index (χ0n) is 15.0. The molecule has 0 aliphatic rings. The van der Waals surface area contributed by atoms with Crippen molar-refractivity contribution in [1.82, 2.24) is 4.90 Å². The number of fused-ring (bicyclic) bond motifs is 1. The van der Waals surface area contributed by atoms with Crippen molar-refractivity contribution in [3.05, 3.63) is 62.6 Å². The molecule has 3 aromatic rings. The van der Waals surface area contributed by atoms with E-state index in [9.17, 15) is 9.59 Å². The summed E-state index contributed by atoms with van der Waals surface area (Å²) in [6, 6.07) is 10.8. The van der Waals surface area contributed by atoms with Crippen LogP contribution < -0.4 is 10.4 Å². The second kappa shape index (κ2) is 7.74. The third-order valence-electron chi connectivity index (χ3n) is 4.19. The Balaban J connectivity index is 1.75. The molecule has 0 aliphatic heterocycles. The lowest BCUT2D eigenvalue weighted by Gasteiger charge is -2.21. The van der Waals surface area contributed by atoms with Gasteiger partial charge in [-0.2, -0.15) is 0 Å². The molecular formula is C20H21NO4S. The molecule has 0 N–H and O–H groups in total. The van der Waals surface area contributed by atoms with Crippen LogP contribution in [0.2, 0.25) is 0 Å². The molecule has 2 aromatic heterocycles. The van der Waals surface area contributed by atoms with Gasteiger partial charge < -0.3 is 14.1 Å². The lowest BCUT2D eigenvalue weighted by molar-refractivity contribution is -0.137. The summed E-state index contributed by atoms with van der Waals surface area (Å²) < 4.78 is 11.1. The number of thiophene rings is 1. The largest absolute Gasteiger partial charge is 0.481 e. The fourth-order valence-electron chi connectivity index (χ4n) is 2.86. The maximum atomic E-state index is 12.5. The summed E-state index contributed by atoms with van der Waals surface area (Å²) in [7, 11) is 1.76. The molecule has 6 heteroatoms. The fraction of sp³-hybridized carbons (Fsp3) is 0.300. The highest BCUT2D eigenvalue weighted by Gasteiger charge is 2.20. The molecule has 0 fully saturated rings. The molecule has 1 unspecified atom stereocenters. The molecule has 1 atom stereocenters. The minimum atomic E-state index is -0.640. The van der Waals surface area contributed by atoms with Crippen molar-refractivity contribution in [2.75, 3.05) is 7.05 Å². The number of hydrogen-bond acceptors (Lipinski definition) is 5. The van der Waals surface area contributed by atoms with E-state index in [-0.39, 0.29) is 11.5 Å². The van der Waals surface area contributed by atoms with Crippen LogP contribution in [0.3, 0.4) is 0 Å². The maximum Gasteiger partial charge on any atom is 0.336 e. The topological polar surface area (TPSA) is 59.8 Å². The number of nitrogens with zero attached hydrogens (tertiary/aromatic N) is 1. The van der Waals surface area contributed by atoms with Gasteiger partial charge in [0.2, 0.25) is 0 Å². The monoisotopic (exact) mass is 371 g/mol. The summed E-state index contributed by atoms with van der Waals surface area (Å²) in [5.41, 5.74) is 1.02. The zero-order valence-corrected chi connectivity index (χ0v) is 15.8. The van der Waals surface area contributed by atoms with E-state index in [0.29, 0.717) is 17.9 Å². The van der Waals surface area contributed by atoms with Crippen molar-refractivity contribution in [3.8, 4) is 5.75 Å². The van der Waals surface area contributed by atoms with Crippen molar-refractivity contribution < 1.29 is 13.9 Å². The molecule has 0 bridgehead atoms. The van der Waals surface area contributed by atoms with E-state index < -0.39 is 6.10 Å². The Bertz CT molecular complexity index is 962. The van der Waals surface area contributed by atoms with Crippen LogP contribution in [0, 0.1) is 0 Å². The molecule has 136 valence electrons. The minimum Gasteiger partial charge on any atom is -0.481 e. The SMILES string of the molecule is CCc1cc(=O)oc2cc(OC(C)C(=O)N(C)Cc3cccs3)ccc12. The van der Waals surface area contributed by atoms with E-state index >= 15 is 0 Å². The summed E-state index contributed by atoms with van der Waals surface area (Å²) in [6.45, 7) is 4.26. The van der Waals surface area contributed by atoms with Gasteiger partial charge in [0.25, 0.3) is 5.91 Å². The summed E-state index contributed by atoms with van der Waals surface area (Å²) in [6.07, 6.45) is 0.100.